The summed E-state index contributed by atoms with van der Waals surface area (Å²) in [6, 6.07) is 9.37. The predicted molar refractivity (Wildman–Crippen MR) is 78.9 cm³/mol. The molecule has 2 fully saturated rings. The third-order valence-electron chi connectivity index (χ3n) is 4.45. The average Bonchev–Trinajstić information content (AvgIpc) is 2.85. The largest absolute Gasteiger partial charge is 0.384 e. The van der Waals surface area contributed by atoms with Crippen molar-refractivity contribution >= 4 is 11.5 Å². The molecule has 0 radical (unpaired) electrons. The van der Waals surface area contributed by atoms with Gasteiger partial charge in [0.15, 0.2) is 0 Å². The first-order valence-corrected chi connectivity index (χ1v) is 7.10. The van der Waals surface area contributed by atoms with E-state index in [0.717, 1.165) is 18.2 Å². The zero-order valence-electron chi connectivity index (χ0n) is 11.5. The molecule has 4 nitrogen and oxygen atoms in total. The van der Waals surface area contributed by atoms with Crippen molar-refractivity contribution in [1.29, 1.82) is 5.41 Å². The topological polar surface area (TPSA) is 56.4 Å². The van der Waals surface area contributed by atoms with E-state index in [0.29, 0.717) is 6.04 Å². The third-order valence-corrected chi connectivity index (χ3v) is 4.45. The molecule has 3 N–H and O–H groups in total. The van der Waals surface area contributed by atoms with Crippen molar-refractivity contribution in [2.45, 2.75) is 31.8 Å². The zero-order valence-corrected chi connectivity index (χ0v) is 11.5. The van der Waals surface area contributed by atoms with Gasteiger partial charge in [0.05, 0.1) is 0 Å². The van der Waals surface area contributed by atoms with E-state index in [9.17, 15) is 0 Å². The molecule has 0 bridgehead atoms. The smallest absolute Gasteiger partial charge is 0.122 e. The van der Waals surface area contributed by atoms with Crippen LogP contribution in [0.4, 0.5) is 5.69 Å². The van der Waals surface area contributed by atoms with Crippen LogP contribution in [0.3, 0.4) is 0 Å². The van der Waals surface area contributed by atoms with E-state index in [-0.39, 0.29) is 5.84 Å². The van der Waals surface area contributed by atoms with Gasteiger partial charge in [-0.15, -0.1) is 0 Å². The van der Waals surface area contributed by atoms with Gasteiger partial charge in [-0.1, -0.05) is 0 Å². The Kier molecular flexibility index (Phi) is 3.19. The van der Waals surface area contributed by atoms with Gasteiger partial charge in [0.2, 0.25) is 0 Å². The number of hydrogen-bond acceptors (Lipinski definition) is 3. The number of fused-ring (bicyclic) bond motifs is 1. The third kappa shape index (κ3) is 2.32. The molecule has 0 spiro atoms. The lowest BCUT2D eigenvalue weighted by atomic mass is 10.1. The van der Waals surface area contributed by atoms with E-state index in [1.54, 1.807) is 0 Å². The van der Waals surface area contributed by atoms with E-state index in [2.05, 4.69) is 28.9 Å². The van der Waals surface area contributed by atoms with Gasteiger partial charge < -0.3 is 10.6 Å². The minimum absolute atomic E-state index is 0.139. The van der Waals surface area contributed by atoms with Gasteiger partial charge in [-0.2, -0.15) is 0 Å². The van der Waals surface area contributed by atoms with Crippen LogP contribution in [-0.4, -0.2) is 42.5 Å². The predicted octanol–water partition coefficient (Wildman–Crippen LogP) is 1.64. The molecule has 0 amide bonds. The van der Waals surface area contributed by atoms with E-state index in [4.69, 9.17) is 11.1 Å². The molecule has 1 aromatic rings. The van der Waals surface area contributed by atoms with Gasteiger partial charge in [-0.3, -0.25) is 10.3 Å². The summed E-state index contributed by atoms with van der Waals surface area (Å²) in [5.74, 6) is 0.139. The van der Waals surface area contributed by atoms with Crippen molar-refractivity contribution in [2.24, 2.45) is 5.73 Å². The molecule has 0 aliphatic carbocycles. The highest BCUT2D eigenvalue weighted by molar-refractivity contribution is 5.95. The Morgan fingerprint density at radius 2 is 2.00 bits per heavy atom. The first kappa shape index (κ1) is 12.5. The van der Waals surface area contributed by atoms with Crippen LogP contribution in [0, 0.1) is 5.41 Å². The maximum absolute atomic E-state index is 7.44. The van der Waals surface area contributed by atoms with Gasteiger partial charge >= 0.3 is 0 Å². The van der Waals surface area contributed by atoms with Crippen molar-refractivity contribution in [1.82, 2.24) is 4.90 Å². The second-order valence-electron chi connectivity index (χ2n) is 5.75. The second kappa shape index (κ2) is 4.85. The van der Waals surface area contributed by atoms with Crippen molar-refractivity contribution < 1.29 is 0 Å². The quantitative estimate of drug-likeness (QED) is 0.626. The SMILES string of the molecule is CC1CN2CCCC2CN1c1ccc(C(=N)N)cc1. The molecule has 4 heteroatoms. The van der Waals surface area contributed by atoms with E-state index in [1.807, 2.05) is 12.1 Å². The summed E-state index contributed by atoms with van der Waals surface area (Å²) < 4.78 is 0. The van der Waals surface area contributed by atoms with Gasteiger partial charge in [-0.05, 0) is 50.6 Å². The summed E-state index contributed by atoms with van der Waals surface area (Å²) in [5, 5.41) is 7.44. The van der Waals surface area contributed by atoms with Crippen molar-refractivity contribution in [3.63, 3.8) is 0 Å². The lowest BCUT2D eigenvalue weighted by Crippen LogP contribution is -2.55. The van der Waals surface area contributed by atoms with Crippen molar-refractivity contribution in [3.05, 3.63) is 29.8 Å². The van der Waals surface area contributed by atoms with Crippen LogP contribution in [0.2, 0.25) is 0 Å². The Hall–Kier alpha value is -1.55. The number of amidine groups is 1. The minimum Gasteiger partial charge on any atom is -0.384 e. The van der Waals surface area contributed by atoms with Crippen LogP contribution in [-0.2, 0) is 0 Å². The summed E-state index contributed by atoms with van der Waals surface area (Å²) in [5.41, 5.74) is 7.56. The molecule has 2 aliphatic rings. The summed E-state index contributed by atoms with van der Waals surface area (Å²) in [6.07, 6.45) is 2.67. The zero-order chi connectivity index (χ0) is 13.4. The number of nitrogens with zero attached hydrogens (tertiary/aromatic N) is 2. The number of nitrogens with two attached hydrogens (primary N) is 1. The number of anilines is 1. The molecule has 102 valence electrons. The molecule has 3 rings (SSSR count). The number of rotatable bonds is 2. The summed E-state index contributed by atoms with van der Waals surface area (Å²) >= 11 is 0. The number of hydrogen-bond donors (Lipinski definition) is 2. The molecule has 0 saturated carbocycles. The average molecular weight is 258 g/mol. The summed E-state index contributed by atoms with van der Waals surface area (Å²) in [6.45, 7) is 5.86. The monoisotopic (exact) mass is 258 g/mol. The van der Waals surface area contributed by atoms with Crippen LogP contribution < -0.4 is 10.6 Å². The van der Waals surface area contributed by atoms with E-state index < -0.39 is 0 Å². The fraction of sp³-hybridized carbons (Fsp3) is 0.533. The Morgan fingerprint density at radius 1 is 1.26 bits per heavy atom. The van der Waals surface area contributed by atoms with Crippen molar-refractivity contribution in [2.75, 3.05) is 24.5 Å². The normalized spacial score (nSPS) is 27.3. The molecule has 19 heavy (non-hydrogen) atoms. The highest BCUT2D eigenvalue weighted by Crippen LogP contribution is 2.28. The standard InChI is InChI=1S/C15H22N4/c1-11-9-18-8-2-3-14(18)10-19(11)13-6-4-12(5-7-13)15(16)17/h4-7,11,14H,2-3,8-10H2,1H3,(H3,16,17). The fourth-order valence-electron chi connectivity index (χ4n) is 3.38. The molecular weight excluding hydrogens is 236 g/mol. The summed E-state index contributed by atoms with van der Waals surface area (Å²) in [4.78, 5) is 5.13. The van der Waals surface area contributed by atoms with Crippen LogP contribution in [0.1, 0.15) is 25.3 Å². The highest BCUT2D eigenvalue weighted by Gasteiger charge is 2.34. The molecule has 1 aromatic carbocycles. The number of nitrogens with one attached hydrogen (secondary N) is 1. The molecule has 2 aliphatic heterocycles. The van der Waals surface area contributed by atoms with Crippen LogP contribution in [0.25, 0.3) is 0 Å². The van der Waals surface area contributed by atoms with Gasteiger partial charge in [0, 0.05) is 36.4 Å². The second-order valence-corrected chi connectivity index (χ2v) is 5.75. The van der Waals surface area contributed by atoms with Crippen molar-refractivity contribution in [3.8, 4) is 0 Å². The Balaban J connectivity index is 1.79. The van der Waals surface area contributed by atoms with E-state index in [1.165, 1.54) is 31.6 Å². The van der Waals surface area contributed by atoms with Crippen LogP contribution >= 0.6 is 0 Å². The molecule has 2 heterocycles. The van der Waals surface area contributed by atoms with Gasteiger partial charge in [0.1, 0.15) is 5.84 Å². The molecular formula is C15H22N4. The van der Waals surface area contributed by atoms with E-state index >= 15 is 0 Å². The minimum atomic E-state index is 0.139. The maximum atomic E-state index is 7.44. The Morgan fingerprint density at radius 3 is 2.68 bits per heavy atom. The number of piperazine rings is 1. The van der Waals surface area contributed by atoms with Crippen LogP contribution in [0.5, 0.6) is 0 Å². The molecule has 0 aromatic heterocycles. The maximum Gasteiger partial charge on any atom is 0.122 e. The molecule has 2 atom stereocenters. The van der Waals surface area contributed by atoms with Gasteiger partial charge in [-0.25, -0.2) is 0 Å². The first-order chi connectivity index (χ1) is 9.15. The number of nitrogen functional groups attached to an aromatic ring is 1. The number of benzene rings is 1. The van der Waals surface area contributed by atoms with Crippen LogP contribution in [0.15, 0.2) is 24.3 Å². The highest BCUT2D eigenvalue weighted by atomic mass is 15.3. The Labute approximate surface area is 114 Å². The molecule has 2 saturated heterocycles. The van der Waals surface area contributed by atoms with Gasteiger partial charge in [0.25, 0.3) is 0 Å². The fourth-order valence-corrected chi connectivity index (χ4v) is 3.38. The molecule has 2 unspecified atom stereocenters. The Bertz CT molecular complexity index is 468. The lowest BCUT2D eigenvalue weighted by Gasteiger charge is -2.43. The summed E-state index contributed by atoms with van der Waals surface area (Å²) in [7, 11) is 0. The lowest BCUT2D eigenvalue weighted by molar-refractivity contribution is 0.203. The first-order valence-electron chi connectivity index (χ1n) is 7.10.